The summed E-state index contributed by atoms with van der Waals surface area (Å²) in [5.41, 5.74) is 1.16. The average molecular weight is 419 g/mol. The minimum Gasteiger partial charge on any atom is -0.464 e. The molecular formula is C19H19ClN4O3S. The van der Waals surface area contributed by atoms with Gasteiger partial charge >= 0.3 is 0 Å². The van der Waals surface area contributed by atoms with E-state index in [1.165, 1.54) is 6.26 Å². The molecule has 2 aliphatic heterocycles. The molecule has 0 aliphatic carbocycles. The van der Waals surface area contributed by atoms with Crippen LogP contribution in [0.25, 0.3) is 6.08 Å². The third-order valence-electron chi connectivity index (χ3n) is 4.60. The molecule has 1 aromatic heterocycles. The number of carbonyl (C=O) groups excluding carboxylic acids is 1. The molecule has 3 heterocycles. The Labute approximate surface area is 171 Å². The number of nitrogens with zero attached hydrogens (tertiary/aromatic N) is 3. The second kappa shape index (κ2) is 8.40. The number of rotatable bonds is 4. The molecule has 1 aromatic carbocycles. The standard InChI is InChI=1S/C19H19ClN4O3S/c20-14-1-2-16-13(10-14)9-12(5-8-27-16)18(26)22-19-21-17(23-28-19)11-24-6-3-15(25)4-7-24/h1-2,5,8-10,15,25H,3-4,6-7,11H2,(H,21,22,23,26). The van der Waals surface area contributed by atoms with E-state index in [1.807, 2.05) is 0 Å². The fourth-order valence-corrected chi connectivity index (χ4v) is 3.85. The van der Waals surface area contributed by atoms with Crippen LogP contribution >= 0.6 is 23.1 Å². The number of ether oxygens (including phenoxy) is 1. The van der Waals surface area contributed by atoms with E-state index >= 15 is 0 Å². The lowest BCUT2D eigenvalue weighted by Crippen LogP contribution is -2.35. The van der Waals surface area contributed by atoms with Crippen molar-refractivity contribution in [3.05, 3.63) is 52.5 Å². The highest BCUT2D eigenvalue weighted by Gasteiger charge is 2.19. The minimum absolute atomic E-state index is 0.209. The van der Waals surface area contributed by atoms with Crippen molar-refractivity contribution >= 4 is 40.2 Å². The van der Waals surface area contributed by atoms with E-state index in [0.29, 0.717) is 33.8 Å². The largest absolute Gasteiger partial charge is 0.464 e. The number of aliphatic hydroxyl groups excluding tert-OH is 1. The van der Waals surface area contributed by atoms with Gasteiger partial charge in [-0.15, -0.1) is 0 Å². The van der Waals surface area contributed by atoms with Gasteiger partial charge in [-0.3, -0.25) is 15.0 Å². The molecule has 0 bridgehead atoms. The Bertz CT molecular complexity index is 935. The summed E-state index contributed by atoms with van der Waals surface area (Å²) in [5, 5.41) is 13.4. The first-order valence-corrected chi connectivity index (χ1v) is 10.1. The van der Waals surface area contributed by atoms with Gasteiger partial charge in [0.05, 0.1) is 18.9 Å². The van der Waals surface area contributed by atoms with E-state index in [-0.39, 0.29) is 12.0 Å². The highest BCUT2D eigenvalue weighted by Crippen LogP contribution is 2.28. The van der Waals surface area contributed by atoms with Crippen molar-refractivity contribution in [3.63, 3.8) is 0 Å². The number of fused-ring (bicyclic) bond motifs is 1. The summed E-state index contributed by atoms with van der Waals surface area (Å²) >= 11 is 7.19. The number of hydrogen-bond donors (Lipinski definition) is 2. The van der Waals surface area contributed by atoms with Gasteiger partial charge in [0.2, 0.25) is 5.13 Å². The quantitative estimate of drug-likeness (QED) is 0.793. The molecule has 146 valence electrons. The molecule has 0 unspecified atom stereocenters. The number of piperidine rings is 1. The van der Waals surface area contributed by atoms with Crippen molar-refractivity contribution in [3.8, 4) is 5.75 Å². The summed E-state index contributed by atoms with van der Waals surface area (Å²) in [6.07, 6.45) is 6.12. The number of aliphatic hydroxyl groups is 1. The maximum atomic E-state index is 12.6. The van der Waals surface area contributed by atoms with Crippen LogP contribution in [0.3, 0.4) is 0 Å². The maximum absolute atomic E-state index is 12.6. The molecule has 2 aromatic rings. The molecule has 0 radical (unpaired) electrons. The van der Waals surface area contributed by atoms with E-state index in [1.54, 1.807) is 30.4 Å². The summed E-state index contributed by atoms with van der Waals surface area (Å²) in [4.78, 5) is 19.2. The van der Waals surface area contributed by atoms with Gasteiger partial charge in [0.15, 0.2) is 5.82 Å². The number of anilines is 1. The van der Waals surface area contributed by atoms with Crippen molar-refractivity contribution in [2.24, 2.45) is 0 Å². The summed E-state index contributed by atoms with van der Waals surface area (Å²) < 4.78 is 9.84. The van der Waals surface area contributed by atoms with Crippen molar-refractivity contribution in [2.75, 3.05) is 18.4 Å². The number of halogens is 1. The number of amides is 1. The van der Waals surface area contributed by atoms with Gasteiger partial charge in [0.25, 0.3) is 5.91 Å². The predicted octanol–water partition coefficient (Wildman–Crippen LogP) is 3.08. The first-order valence-electron chi connectivity index (χ1n) is 8.95. The van der Waals surface area contributed by atoms with Crippen molar-refractivity contribution in [1.29, 1.82) is 0 Å². The highest BCUT2D eigenvalue weighted by atomic mass is 35.5. The van der Waals surface area contributed by atoms with E-state index in [0.717, 1.165) is 43.0 Å². The van der Waals surface area contributed by atoms with E-state index in [4.69, 9.17) is 16.3 Å². The SMILES string of the molecule is O=C(Nc1nc(CN2CCC(O)CC2)ns1)C1=Cc2cc(Cl)ccc2OC=C1. The Morgan fingerprint density at radius 2 is 2.21 bits per heavy atom. The van der Waals surface area contributed by atoms with Crippen molar-refractivity contribution < 1.29 is 14.6 Å². The molecule has 0 atom stereocenters. The average Bonchev–Trinajstić information content (AvgIpc) is 2.99. The third-order valence-corrected chi connectivity index (χ3v) is 5.50. The molecule has 0 spiro atoms. The Balaban J connectivity index is 1.42. The fraction of sp³-hybridized carbons (Fsp3) is 0.316. The Kier molecular flexibility index (Phi) is 5.72. The monoisotopic (exact) mass is 418 g/mol. The molecule has 2 aliphatic rings. The van der Waals surface area contributed by atoms with Gasteiger partial charge in [-0.25, -0.2) is 4.98 Å². The van der Waals surface area contributed by atoms with Gasteiger partial charge in [-0.1, -0.05) is 11.6 Å². The van der Waals surface area contributed by atoms with Gasteiger partial charge in [0.1, 0.15) is 5.75 Å². The first-order chi connectivity index (χ1) is 13.6. The number of nitrogens with one attached hydrogen (secondary N) is 1. The van der Waals surface area contributed by atoms with Crippen LogP contribution in [0.5, 0.6) is 5.75 Å². The lowest BCUT2D eigenvalue weighted by molar-refractivity contribution is -0.112. The molecule has 0 saturated carbocycles. The van der Waals surface area contributed by atoms with Crippen LogP contribution in [0.1, 0.15) is 24.2 Å². The number of benzene rings is 1. The van der Waals surface area contributed by atoms with Gasteiger partial charge in [0, 0.05) is 40.8 Å². The van der Waals surface area contributed by atoms with Crippen molar-refractivity contribution in [1.82, 2.24) is 14.3 Å². The number of aromatic nitrogens is 2. The molecule has 1 fully saturated rings. The number of hydrogen-bond acceptors (Lipinski definition) is 7. The molecule has 2 N–H and O–H groups in total. The van der Waals surface area contributed by atoms with E-state index < -0.39 is 0 Å². The van der Waals surface area contributed by atoms with Crippen LogP contribution in [-0.4, -0.2) is 44.5 Å². The molecule has 7 nitrogen and oxygen atoms in total. The Hall–Kier alpha value is -2.26. The highest BCUT2D eigenvalue weighted by molar-refractivity contribution is 7.09. The molecule has 28 heavy (non-hydrogen) atoms. The van der Waals surface area contributed by atoms with Gasteiger partial charge < -0.3 is 9.84 Å². The Morgan fingerprint density at radius 1 is 1.39 bits per heavy atom. The van der Waals surface area contributed by atoms with Gasteiger partial charge in [-0.2, -0.15) is 4.37 Å². The minimum atomic E-state index is -0.295. The molecule has 9 heteroatoms. The first kappa shape index (κ1) is 19.1. The number of carbonyl (C=O) groups is 1. The predicted molar refractivity (Wildman–Crippen MR) is 108 cm³/mol. The summed E-state index contributed by atoms with van der Waals surface area (Å²) in [6, 6.07) is 5.24. The van der Waals surface area contributed by atoms with Crippen LogP contribution in [0.2, 0.25) is 5.02 Å². The molecule has 1 saturated heterocycles. The summed E-state index contributed by atoms with van der Waals surface area (Å²) in [6.45, 7) is 2.25. The zero-order chi connectivity index (χ0) is 19.5. The summed E-state index contributed by atoms with van der Waals surface area (Å²) in [7, 11) is 0. The van der Waals surface area contributed by atoms with E-state index in [2.05, 4.69) is 19.6 Å². The summed E-state index contributed by atoms with van der Waals surface area (Å²) in [5.74, 6) is 1.01. The molecule has 4 rings (SSSR count). The smallest absolute Gasteiger partial charge is 0.257 e. The molecular weight excluding hydrogens is 400 g/mol. The maximum Gasteiger partial charge on any atom is 0.257 e. The second-order valence-corrected chi connectivity index (χ2v) is 7.87. The zero-order valence-electron chi connectivity index (χ0n) is 15.0. The van der Waals surface area contributed by atoms with Crippen LogP contribution in [0, 0.1) is 0 Å². The zero-order valence-corrected chi connectivity index (χ0v) is 16.5. The third kappa shape index (κ3) is 4.59. The second-order valence-electron chi connectivity index (χ2n) is 6.68. The number of likely N-dealkylation sites (tertiary alicyclic amines) is 1. The normalized spacial score (nSPS) is 17.4. The van der Waals surface area contributed by atoms with Gasteiger partial charge in [-0.05, 0) is 43.2 Å². The lowest BCUT2D eigenvalue weighted by Gasteiger charge is -2.28. The Morgan fingerprint density at radius 3 is 3.04 bits per heavy atom. The van der Waals surface area contributed by atoms with Crippen LogP contribution in [-0.2, 0) is 11.3 Å². The van der Waals surface area contributed by atoms with E-state index in [9.17, 15) is 9.90 Å². The van der Waals surface area contributed by atoms with Crippen molar-refractivity contribution in [2.45, 2.75) is 25.5 Å². The van der Waals surface area contributed by atoms with Crippen LogP contribution in [0.4, 0.5) is 5.13 Å². The lowest BCUT2D eigenvalue weighted by atomic mass is 10.1. The van der Waals surface area contributed by atoms with Crippen LogP contribution < -0.4 is 10.1 Å². The molecule has 1 amide bonds. The topological polar surface area (TPSA) is 87.6 Å². The fourth-order valence-electron chi connectivity index (χ4n) is 3.09. The van der Waals surface area contributed by atoms with Crippen LogP contribution in [0.15, 0.2) is 36.1 Å².